The molecule has 0 bridgehead atoms. The monoisotopic (exact) mass is 381 g/mol. The SMILES string of the molecule is CNC(=S)N/N=C\c1ccc(OCc2c(F)cccc2Cl)c(OC)c1. The maximum atomic E-state index is 13.8. The van der Waals surface area contributed by atoms with Crippen molar-refractivity contribution in [2.45, 2.75) is 6.61 Å². The molecule has 0 saturated carbocycles. The third-order valence-corrected chi connectivity index (χ3v) is 3.88. The van der Waals surface area contributed by atoms with Gasteiger partial charge in [0.05, 0.1) is 18.3 Å². The summed E-state index contributed by atoms with van der Waals surface area (Å²) in [7, 11) is 3.22. The molecular weight excluding hydrogens is 365 g/mol. The van der Waals surface area contributed by atoms with E-state index >= 15 is 0 Å². The normalized spacial score (nSPS) is 10.6. The Morgan fingerprint density at radius 2 is 2.12 bits per heavy atom. The number of hydrogen-bond donors (Lipinski definition) is 2. The molecule has 132 valence electrons. The molecule has 0 atom stereocenters. The Hall–Kier alpha value is -2.38. The van der Waals surface area contributed by atoms with E-state index in [0.29, 0.717) is 27.2 Å². The van der Waals surface area contributed by atoms with Crippen molar-refractivity contribution in [1.29, 1.82) is 0 Å². The number of methoxy groups -OCH3 is 1. The Morgan fingerprint density at radius 3 is 2.80 bits per heavy atom. The lowest BCUT2D eigenvalue weighted by Crippen LogP contribution is -2.28. The zero-order chi connectivity index (χ0) is 18.2. The van der Waals surface area contributed by atoms with Gasteiger partial charge < -0.3 is 14.8 Å². The molecule has 5 nitrogen and oxygen atoms in total. The molecule has 0 amide bonds. The van der Waals surface area contributed by atoms with Gasteiger partial charge in [0.1, 0.15) is 12.4 Å². The van der Waals surface area contributed by atoms with Crippen LogP contribution >= 0.6 is 23.8 Å². The zero-order valence-electron chi connectivity index (χ0n) is 13.7. The molecule has 25 heavy (non-hydrogen) atoms. The first-order valence-electron chi connectivity index (χ1n) is 7.29. The van der Waals surface area contributed by atoms with Crippen molar-refractivity contribution in [3.05, 3.63) is 58.4 Å². The van der Waals surface area contributed by atoms with Crippen molar-refractivity contribution < 1.29 is 13.9 Å². The Labute approximate surface area is 155 Å². The van der Waals surface area contributed by atoms with Gasteiger partial charge >= 0.3 is 0 Å². The Balaban J connectivity index is 2.10. The molecule has 0 aliphatic rings. The van der Waals surface area contributed by atoms with Crippen molar-refractivity contribution in [1.82, 2.24) is 10.7 Å². The van der Waals surface area contributed by atoms with E-state index in [1.54, 1.807) is 43.6 Å². The summed E-state index contributed by atoms with van der Waals surface area (Å²) in [4.78, 5) is 0. The molecule has 2 aromatic carbocycles. The summed E-state index contributed by atoms with van der Waals surface area (Å²) in [6.45, 7) is -0.00665. The van der Waals surface area contributed by atoms with Crippen molar-refractivity contribution in [2.24, 2.45) is 5.10 Å². The van der Waals surface area contributed by atoms with Crippen molar-refractivity contribution in [3.63, 3.8) is 0 Å². The second kappa shape index (κ2) is 9.19. The predicted octanol–water partition coefficient (Wildman–Crippen LogP) is 3.49. The summed E-state index contributed by atoms with van der Waals surface area (Å²) in [6.07, 6.45) is 1.59. The van der Waals surface area contributed by atoms with Gasteiger partial charge in [-0.3, -0.25) is 5.43 Å². The average molecular weight is 382 g/mol. The van der Waals surface area contributed by atoms with Crippen LogP contribution in [0.15, 0.2) is 41.5 Å². The van der Waals surface area contributed by atoms with Crippen LogP contribution in [0.4, 0.5) is 4.39 Å². The fourth-order valence-electron chi connectivity index (χ4n) is 1.93. The standard InChI is InChI=1S/C17H17ClFN3O2S/c1-20-17(25)22-21-9-11-6-7-15(16(8-11)23-2)24-10-12-13(18)4-3-5-14(12)19/h3-9H,10H2,1-2H3,(H2,20,22,25)/b21-9-. The lowest BCUT2D eigenvalue weighted by atomic mass is 10.2. The third kappa shape index (κ3) is 5.30. The first kappa shape index (κ1) is 19.0. The van der Waals surface area contributed by atoms with Gasteiger partial charge in [-0.05, 0) is 48.1 Å². The van der Waals surface area contributed by atoms with Crippen LogP contribution in [0.2, 0.25) is 5.02 Å². The second-order valence-corrected chi connectivity index (χ2v) is 5.66. The smallest absolute Gasteiger partial charge is 0.186 e. The number of halogens is 2. The summed E-state index contributed by atoms with van der Waals surface area (Å²) in [6, 6.07) is 9.74. The van der Waals surface area contributed by atoms with Crippen LogP contribution in [0.1, 0.15) is 11.1 Å². The van der Waals surface area contributed by atoms with Gasteiger partial charge in [-0.15, -0.1) is 0 Å². The molecule has 0 aliphatic carbocycles. The lowest BCUT2D eigenvalue weighted by molar-refractivity contribution is 0.280. The van der Waals surface area contributed by atoms with Crippen molar-refractivity contribution in [2.75, 3.05) is 14.2 Å². The Kier molecular flexibility index (Phi) is 6.97. The van der Waals surface area contributed by atoms with E-state index in [4.69, 9.17) is 33.3 Å². The minimum Gasteiger partial charge on any atom is -0.493 e. The van der Waals surface area contributed by atoms with Gasteiger partial charge in [-0.2, -0.15) is 5.10 Å². The number of ether oxygens (including phenoxy) is 2. The minimum absolute atomic E-state index is 0.00665. The van der Waals surface area contributed by atoms with Gasteiger partial charge in [0.2, 0.25) is 0 Å². The quantitative estimate of drug-likeness (QED) is 0.455. The predicted molar refractivity (Wildman–Crippen MR) is 101 cm³/mol. The molecule has 0 aliphatic heterocycles. The molecule has 0 fully saturated rings. The van der Waals surface area contributed by atoms with E-state index in [9.17, 15) is 4.39 Å². The lowest BCUT2D eigenvalue weighted by Gasteiger charge is -2.12. The average Bonchev–Trinajstić information content (AvgIpc) is 2.61. The highest BCUT2D eigenvalue weighted by atomic mass is 35.5. The maximum absolute atomic E-state index is 13.8. The van der Waals surface area contributed by atoms with Crippen LogP contribution in [0.5, 0.6) is 11.5 Å². The summed E-state index contributed by atoms with van der Waals surface area (Å²) in [5, 5.41) is 7.46. The van der Waals surface area contributed by atoms with E-state index in [1.165, 1.54) is 13.2 Å². The zero-order valence-corrected chi connectivity index (χ0v) is 15.2. The summed E-state index contributed by atoms with van der Waals surface area (Å²) >= 11 is 10.9. The van der Waals surface area contributed by atoms with Crippen molar-refractivity contribution in [3.8, 4) is 11.5 Å². The topological polar surface area (TPSA) is 54.9 Å². The highest BCUT2D eigenvalue weighted by Crippen LogP contribution is 2.29. The van der Waals surface area contributed by atoms with Crippen LogP contribution in [-0.2, 0) is 6.61 Å². The number of benzene rings is 2. The van der Waals surface area contributed by atoms with E-state index < -0.39 is 5.82 Å². The van der Waals surface area contributed by atoms with Crippen LogP contribution in [0.3, 0.4) is 0 Å². The van der Waals surface area contributed by atoms with E-state index in [2.05, 4.69) is 15.8 Å². The fraction of sp³-hybridized carbons (Fsp3) is 0.176. The highest BCUT2D eigenvalue weighted by molar-refractivity contribution is 7.80. The molecule has 0 radical (unpaired) electrons. The second-order valence-electron chi connectivity index (χ2n) is 4.85. The molecule has 2 rings (SSSR count). The van der Waals surface area contributed by atoms with Crippen LogP contribution in [0, 0.1) is 5.82 Å². The number of nitrogens with zero attached hydrogens (tertiary/aromatic N) is 1. The van der Waals surface area contributed by atoms with Gasteiger partial charge in [-0.1, -0.05) is 17.7 Å². The molecule has 0 aromatic heterocycles. The molecule has 0 heterocycles. The number of hydrazone groups is 1. The highest BCUT2D eigenvalue weighted by Gasteiger charge is 2.10. The van der Waals surface area contributed by atoms with Gasteiger partial charge in [0.15, 0.2) is 16.6 Å². The number of rotatable bonds is 6. The van der Waals surface area contributed by atoms with Crippen molar-refractivity contribution >= 4 is 35.1 Å². The summed E-state index contributed by atoms with van der Waals surface area (Å²) in [5.41, 5.74) is 3.72. The Bertz CT molecular complexity index is 766. The molecule has 0 unspecified atom stereocenters. The summed E-state index contributed by atoms with van der Waals surface area (Å²) < 4.78 is 24.8. The van der Waals surface area contributed by atoms with E-state index in [0.717, 1.165) is 5.56 Å². The number of hydrogen-bond acceptors (Lipinski definition) is 4. The van der Waals surface area contributed by atoms with Crippen LogP contribution in [0.25, 0.3) is 0 Å². The number of nitrogens with one attached hydrogen (secondary N) is 2. The molecular formula is C17H17ClFN3O2S. The minimum atomic E-state index is -0.415. The van der Waals surface area contributed by atoms with Crippen LogP contribution in [-0.4, -0.2) is 25.5 Å². The third-order valence-electron chi connectivity index (χ3n) is 3.23. The fourth-order valence-corrected chi connectivity index (χ4v) is 2.20. The molecule has 8 heteroatoms. The van der Waals surface area contributed by atoms with Gasteiger partial charge in [0, 0.05) is 12.6 Å². The van der Waals surface area contributed by atoms with Gasteiger partial charge in [-0.25, -0.2) is 4.39 Å². The number of thiocarbonyl (C=S) groups is 1. The summed E-state index contributed by atoms with van der Waals surface area (Å²) in [5.74, 6) is 0.548. The largest absolute Gasteiger partial charge is 0.493 e. The van der Waals surface area contributed by atoms with Crippen LogP contribution < -0.4 is 20.2 Å². The Morgan fingerprint density at radius 1 is 1.32 bits per heavy atom. The van der Waals surface area contributed by atoms with Gasteiger partial charge in [0.25, 0.3) is 0 Å². The molecule has 2 aromatic rings. The first-order valence-corrected chi connectivity index (χ1v) is 8.08. The first-order chi connectivity index (χ1) is 12.0. The van der Waals surface area contributed by atoms with E-state index in [1.807, 2.05) is 0 Å². The molecule has 2 N–H and O–H groups in total. The maximum Gasteiger partial charge on any atom is 0.186 e. The molecule has 0 saturated heterocycles. The van der Waals surface area contributed by atoms with E-state index in [-0.39, 0.29) is 6.61 Å². The molecule has 0 spiro atoms.